The van der Waals surface area contributed by atoms with E-state index in [0.717, 1.165) is 12.2 Å². The van der Waals surface area contributed by atoms with Crippen molar-refractivity contribution < 1.29 is 0 Å². The molecule has 92 valence electrons. The summed E-state index contributed by atoms with van der Waals surface area (Å²) in [6, 6.07) is 8.62. The standard InChI is InChI=1S/C13H19N3S/c1-13(2,3)14-8-10-4-6-11(7-5-10)12-9-17-16-15-12/h4-7,9,14-16H,8H2,1-3H3. The average Bonchev–Trinajstić information content (AvgIpc) is 2.79. The molecule has 17 heavy (non-hydrogen) atoms. The predicted molar refractivity (Wildman–Crippen MR) is 74.9 cm³/mol. The molecule has 0 spiro atoms. The lowest BCUT2D eigenvalue weighted by atomic mass is 10.1. The molecule has 0 fully saturated rings. The van der Waals surface area contributed by atoms with Gasteiger partial charge in [-0.2, -0.15) is 4.83 Å². The molecule has 4 heteroatoms. The fourth-order valence-electron chi connectivity index (χ4n) is 1.51. The molecule has 0 bridgehead atoms. The lowest BCUT2D eigenvalue weighted by Gasteiger charge is -2.20. The molecule has 0 aliphatic carbocycles. The maximum Gasteiger partial charge on any atom is 0.0645 e. The molecular weight excluding hydrogens is 230 g/mol. The molecule has 1 aromatic rings. The Bertz CT molecular complexity index is 404. The zero-order valence-electron chi connectivity index (χ0n) is 10.5. The van der Waals surface area contributed by atoms with Crippen LogP contribution in [0.15, 0.2) is 29.7 Å². The van der Waals surface area contributed by atoms with Crippen LogP contribution < -0.4 is 15.6 Å². The van der Waals surface area contributed by atoms with E-state index in [-0.39, 0.29) is 5.54 Å². The number of hydrogen-bond donors (Lipinski definition) is 3. The van der Waals surface area contributed by atoms with E-state index in [0.29, 0.717) is 0 Å². The molecule has 2 rings (SSSR count). The van der Waals surface area contributed by atoms with Gasteiger partial charge in [-0.1, -0.05) is 24.3 Å². The normalized spacial score (nSPS) is 15.6. The summed E-state index contributed by atoms with van der Waals surface area (Å²) < 4.78 is 0. The fourth-order valence-corrected chi connectivity index (χ4v) is 2.05. The van der Waals surface area contributed by atoms with Gasteiger partial charge in [-0.05, 0) is 43.8 Å². The van der Waals surface area contributed by atoms with Gasteiger partial charge >= 0.3 is 0 Å². The third-order valence-corrected chi connectivity index (χ3v) is 3.08. The number of benzene rings is 1. The topological polar surface area (TPSA) is 36.1 Å². The summed E-state index contributed by atoms with van der Waals surface area (Å²) in [4.78, 5) is 2.99. The Morgan fingerprint density at radius 3 is 2.41 bits per heavy atom. The van der Waals surface area contributed by atoms with Crippen LogP contribution in [-0.4, -0.2) is 5.54 Å². The van der Waals surface area contributed by atoms with Crippen LogP contribution >= 0.6 is 11.9 Å². The lowest BCUT2D eigenvalue weighted by molar-refractivity contribution is 0.424. The fraction of sp³-hybridized carbons (Fsp3) is 0.385. The Kier molecular flexibility index (Phi) is 3.76. The van der Waals surface area contributed by atoms with Gasteiger partial charge in [-0.15, -0.1) is 0 Å². The van der Waals surface area contributed by atoms with Crippen molar-refractivity contribution in [3.8, 4) is 0 Å². The molecule has 1 heterocycles. The third kappa shape index (κ3) is 3.77. The van der Waals surface area contributed by atoms with Crippen molar-refractivity contribution in [1.29, 1.82) is 0 Å². The van der Waals surface area contributed by atoms with E-state index >= 15 is 0 Å². The number of hydrazine groups is 1. The minimum atomic E-state index is 0.161. The van der Waals surface area contributed by atoms with Gasteiger partial charge in [0.2, 0.25) is 0 Å². The second-order valence-corrected chi connectivity index (χ2v) is 5.85. The van der Waals surface area contributed by atoms with E-state index in [1.54, 1.807) is 11.9 Å². The first-order valence-electron chi connectivity index (χ1n) is 5.76. The first kappa shape index (κ1) is 12.5. The predicted octanol–water partition coefficient (Wildman–Crippen LogP) is 2.63. The van der Waals surface area contributed by atoms with E-state index in [2.05, 4.69) is 66.0 Å². The van der Waals surface area contributed by atoms with Gasteiger partial charge in [-0.3, -0.25) is 0 Å². The van der Waals surface area contributed by atoms with E-state index in [1.807, 2.05) is 0 Å². The Morgan fingerprint density at radius 1 is 1.18 bits per heavy atom. The highest BCUT2D eigenvalue weighted by Crippen LogP contribution is 2.19. The Morgan fingerprint density at radius 2 is 1.88 bits per heavy atom. The highest BCUT2D eigenvalue weighted by Gasteiger charge is 2.09. The minimum absolute atomic E-state index is 0.161. The third-order valence-electron chi connectivity index (χ3n) is 2.51. The molecule has 0 saturated heterocycles. The van der Waals surface area contributed by atoms with Crippen molar-refractivity contribution in [3.63, 3.8) is 0 Å². The SMILES string of the molecule is CC(C)(C)NCc1ccc(C2=CSNN2)cc1. The summed E-state index contributed by atoms with van der Waals surface area (Å²) in [6.45, 7) is 7.44. The van der Waals surface area contributed by atoms with Crippen LogP contribution in [0.5, 0.6) is 0 Å². The second kappa shape index (κ2) is 5.12. The van der Waals surface area contributed by atoms with Gasteiger partial charge in [0.1, 0.15) is 0 Å². The highest BCUT2D eigenvalue weighted by molar-refractivity contribution is 8.00. The maximum atomic E-state index is 3.48. The van der Waals surface area contributed by atoms with Gasteiger partial charge in [0.25, 0.3) is 0 Å². The Balaban J connectivity index is 1.98. The van der Waals surface area contributed by atoms with E-state index in [4.69, 9.17) is 0 Å². The Labute approximate surface area is 107 Å². The van der Waals surface area contributed by atoms with E-state index in [9.17, 15) is 0 Å². The molecule has 0 aromatic heterocycles. The van der Waals surface area contributed by atoms with Crippen molar-refractivity contribution in [2.75, 3.05) is 0 Å². The van der Waals surface area contributed by atoms with Crippen LogP contribution in [0.4, 0.5) is 0 Å². The molecule has 1 aliphatic heterocycles. The smallest absolute Gasteiger partial charge is 0.0645 e. The van der Waals surface area contributed by atoms with Crippen molar-refractivity contribution in [1.82, 2.24) is 15.6 Å². The summed E-state index contributed by atoms with van der Waals surface area (Å²) in [5, 5.41) is 5.55. The molecule has 0 saturated carbocycles. The molecule has 0 amide bonds. The van der Waals surface area contributed by atoms with Crippen molar-refractivity contribution in [2.45, 2.75) is 32.9 Å². The second-order valence-electron chi connectivity index (χ2n) is 5.18. The van der Waals surface area contributed by atoms with Gasteiger partial charge in [0.05, 0.1) is 5.70 Å². The number of nitrogens with one attached hydrogen (secondary N) is 3. The molecule has 1 aromatic carbocycles. The number of rotatable bonds is 3. The molecule has 0 unspecified atom stereocenters. The summed E-state index contributed by atoms with van der Waals surface area (Å²) in [5.74, 6) is 0. The van der Waals surface area contributed by atoms with Crippen molar-refractivity contribution in [3.05, 3.63) is 40.8 Å². The monoisotopic (exact) mass is 249 g/mol. The van der Waals surface area contributed by atoms with Crippen molar-refractivity contribution in [2.24, 2.45) is 0 Å². The lowest BCUT2D eigenvalue weighted by Crippen LogP contribution is -2.35. The van der Waals surface area contributed by atoms with E-state index in [1.165, 1.54) is 11.1 Å². The molecular formula is C13H19N3S. The van der Waals surface area contributed by atoms with E-state index < -0.39 is 0 Å². The minimum Gasteiger partial charge on any atom is -0.310 e. The zero-order chi connectivity index (χ0) is 12.3. The summed E-state index contributed by atoms with van der Waals surface area (Å²) in [5.41, 5.74) is 6.92. The summed E-state index contributed by atoms with van der Waals surface area (Å²) in [7, 11) is 0. The van der Waals surface area contributed by atoms with Crippen LogP contribution in [-0.2, 0) is 6.54 Å². The van der Waals surface area contributed by atoms with Crippen LogP contribution in [0.1, 0.15) is 31.9 Å². The van der Waals surface area contributed by atoms with Gasteiger partial charge in [0, 0.05) is 17.5 Å². The highest BCUT2D eigenvalue weighted by atomic mass is 32.2. The average molecular weight is 249 g/mol. The van der Waals surface area contributed by atoms with Crippen LogP contribution in [0, 0.1) is 0 Å². The van der Waals surface area contributed by atoms with Gasteiger partial charge < -0.3 is 10.7 Å². The van der Waals surface area contributed by atoms with Crippen molar-refractivity contribution >= 4 is 17.6 Å². The summed E-state index contributed by atoms with van der Waals surface area (Å²) in [6.07, 6.45) is 0. The molecule has 3 nitrogen and oxygen atoms in total. The number of hydrogen-bond acceptors (Lipinski definition) is 4. The molecule has 3 N–H and O–H groups in total. The first-order valence-corrected chi connectivity index (χ1v) is 6.64. The summed E-state index contributed by atoms with van der Waals surface area (Å²) >= 11 is 1.56. The van der Waals surface area contributed by atoms with Crippen LogP contribution in [0.25, 0.3) is 5.70 Å². The maximum absolute atomic E-state index is 3.48. The van der Waals surface area contributed by atoms with Crippen LogP contribution in [0.3, 0.4) is 0 Å². The molecule has 0 radical (unpaired) electrons. The zero-order valence-corrected chi connectivity index (χ0v) is 11.3. The largest absolute Gasteiger partial charge is 0.310 e. The van der Waals surface area contributed by atoms with Gasteiger partial charge in [0.15, 0.2) is 0 Å². The molecule has 1 aliphatic rings. The Hall–Kier alpha value is -0.970. The van der Waals surface area contributed by atoms with Crippen LogP contribution in [0.2, 0.25) is 0 Å². The quantitative estimate of drug-likeness (QED) is 0.720. The first-order chi connectivity index (χ1) is 8.04. The van der Waals surface area contributed by atoms with Gasteiger partial charge in [-0.25, -0.2) is 0 Å². The molecule has 0 atom stereocenters.